The van der Waals surface area contributed by atoms with Gasteiger partial charge in [-0.15, -0.1) is 0 Å². The van der Waals surface area contributed by atoms with Crippen molar-refractivity contribution in [1.29, 1.82) is 0 Å². The average Bonchev–Trinajstić information content (AvgIpc) is 3.51. The molecule has 3 aromatic rings. The largest absolute Gasteiger partial charge is 0.454 e. The Kier molecular flexibility index (Phi) is 6.12. The van der Waals surface area contributed by atoms with Crippen molar-refractivity contribution in [1.82, 2.24) is 0 Å². The number of benzene rings is 3. The lowest BCUT2D eigenvalue weighted by Gasteiger charge is -2.02. The maximum atomic E-state index is 12.4. The number of fused-ring (bicyclic) bond motifs is 2. The van der Waals surface area contributed by atoms with Crippen LogP contribution in [0.4, 0.5) is 0 Å². The van der Waals surface area contributed by atoms with E-state index in [0.717, 1.165) is 22.3 Å². The molecule has 6 nitrogen and oxygen atoms in total. The van der Waals surface area contributed by atoms with E-state index in [-0.39, 0.29) is 25.2 Å². The Labute approximate surface area is 197 Å². The van der Waals surface area contributed by atoms with Crippen LogP contribution in [0.2, 0.25) is 0 Å². The van der Waals surface area contributed by atoms with E-state index in [1.807, 2.05) is 60.7 Å². The van der Waals surface area contributed by atoms with Crippen LogP contribution in [0.5, 0.6) is 23.0 Å². The standard InChI is InChI=1S/C28H22O6/c29-23(9-5-21-7-11-25-27(15-21)33-17-31-25)13-19-1-2-20(4-3-19)14-24(30)10-6-22-8-12-26-28(16-22)34-18-32-26/h1-12,15-16H,13-14,17-18H2/b9-5+,10-6+. The molecule has 0 aromatic heterocycles. The van der Waals surface area contributed by atoms with E-state index in [2.05, 4.69) is 0 Å². The predicted octanol–water partition coefficient (Wildman–Crippen LogP) is 4.79. The van der Waals surface area contributed by atoms with E-state index in [4.69, 9.17) is 18.9 Å². The number of ether oxygens (including phenoxy) is 4. The lowest BCUT2D eigenvalue weighted by atomic mass is 10.0. The second-order valence-electron chi connectivity index (χ2n) is 7.99. The quantitative estimate of drug-likeness (QED) is 0.456. The third-order valence-electron chi connectivity index (χ3n) is 5.50. The smallest absolute Gasteiger partial charge is 0.231 e. The Morgan fingerprint density at radius 2 is 1.00 bits per heavy atom. The number of rotatable bonds is 8. The van der Waals surface area contributed by atoms with Crippen LogP contribution < -0.4 is 18.9 Å². The number of ketones is 2. The molecule has 0 bridgehead atoms. The lowest BCUT2D eigenvalue weighted by molar-refractivity contribution is -0.114. The molecule has 3 aromatic carbocycles. The van der Waals surface area contributed by atoms with E-state index in [1.165, 1.54) is 0 Å². The highest BCUT2D eigenvalue weighted by Crippen LogP contribution is 2.33. The summed E-state index contributed by atoms with van der Waals surface area (Å²) < 4.78 is 21.3. The first kappa shape index (κ1) is 21.5. The number of hydrogen-bond donors (Lipinski definition) is 0. The van der Waals surface area contributed by atoms with Crippen LogP contribution in [0.25, 0.3) is 12.2 Å². The molecule has 170 valence electrons. The van der Waals surface area contributed by atoms with Crippen molar-refractivity contribution in [2.75, 3.05) is 13.6 Å². The summed E-state index contributed by atoms with van der Waals surface area (Å²) in [6.45, 7) is 0.443. The van der Waals surface area contributed by atoms with Crippen molar-refractivity contribution in [2.24, 2.45) is 0 Å². The Bertz CT molecular complexity index is 1190. The fraction of sp³-hybridized carbons (Fsp3) is 0.143. The number of hydrogen-bond acceptors (Lipinski definition) is 6. The van der Waals surface area contributed by atoms with Gasteiger partial charge in [-0.3, -0.25) is 9.59 Å². The van der Waals surface area contributed by atoms with Gasteiger partial charge in [-0.1, -0.05) is 48.6 Å². The molecule has 0 atom stereocenters. The van der Waals surface area contributed by atoms with Gasteiger partial charge in [-0.25, -0.2) is 0 Å². The molecule has 0 fully saturated rings. The molecule has 0 unspecified atom stereocenters. The molecule has 34 heavy (non-hydrogen) atoms. The normalized spacial score (nSPS) is 13.6. The molecule has 5 rings (SSSR count). The molecular formula is C28H22O6. The van der Waals surface area contributed by atoms with Crippen LogP contribution >= 0.6 is 0 Å². The average molecular weight is 454 g/mol. The van der Waals surface area contributed by atoms with Crippen LogP contribution in [0.15, 0.2) is 72.8 Å². The van der Waals surface area contributed by atoms with Gasteiger partial charge in [0, 0.05) is 12.8 Å². The van der Waals surface area contributed by atoms with Crippen LogP contribution in [0, 0.1) is 0 Å². The van der Waals surface area contributed by atoms with Gasteiger partial charge in [-0.05, 0) is 58.7 Å². The van der Waals surface area contributed by atoms with E-state index in [1.54, 1.807) is 24.3 Å². The zero-order valence-electron chi connectivity index (χ0n) is 18.4. The molecule has 0 radical (unpaired) electrons. The molecular weight excluding hydrogens is 432 g/mol. The fourth-order valence-corrected chi connectivity index (χ4v) is 3.71. The van der Waals surface area contributed by atoms with Crippen LogP contribution in [-0.2, 0) is 22.4 Å². The van der Waals surface area contributed by atoms with Crippen LogP contribution in [-0.4, -0.2) is 25.2 Å². The predicted molar refractivity (Wildman–Crippen MR) is 127 cm³/mol. The zero-order chi connectivity index (χ0) is 23.3. The summed E-state index contributed by atoms with van der Waals surface area (Å²) in [5.41, 5.74) is 3.54. The van der Waals surface area contributed by atoms with E-state index >= 15 is 0 Å². The maximum Gasteiger partial charge on any atom is 0.231 e. The van der Waals surface area contributed by atoms with Gasteiger partial charge in [-0.2, -0.15) is 0 Å². The van der Waals surface area contributed by atoms with Crippen molar-refractivity contribution in [3.8, 4) is 23.0 Å². The molecule has 0 saturated carbocycles. The highest BCUT2D eigenvalue weighted by molar-refractivity contribution is 5.96. The summed E-state index contributed by atoms with van der Waals surface area (Å²) in [6.07, 6.45) is 7.25. The molecule has 6 heteroatoms. The first-order valence-corrected chi connectivity index (χ1v) is 10.9. The minimum Gasteiger partial charge on any atom is -0.454 e. The molecule has 0 spiro atoms. The summed E-state index contributed by atoms with van der Waals surface area (Å²) in [5.74, 6) is 2.79. The minimum absolute atomic E-state index is 0.00634. The number of carbonyl (C=O) groups excluding carboxylic acids is 2. The van der Waals surface area contributed by atoms with E-state index < -0.39 is 0 Å². The minimum atomic E-state index is -0.00634. The molecule has 0 amide bonds. The van der Waals surface area contributed by atoms with Gasteiger partial charge in [0.2, 0.25) is 13.6 Å². The van der Waals surface area contributed by atoms with Gasteiger partial charge in [0.05, 0.1) is 0 Å². The van der Waals surface area contributed by atoms with E-state index in [0.29, 0.717) is 35.8 Å². The van der Waals surface area contributed by atoms with Crippen molar-refractivity contribution in [3.63, 3.8) is 0 Å². The number of allylic oxidation sites excluding steroid dienone is 2. The summed E-state index contributed by atoms with van der Waals surface area (Å²) in [7, 11) is 0. The van der Waals surface area contributed by atoms with Crippen LogP contribution in [0.1, 0.15) is 22.3 Å². The monoisotopic (exact) mass is 454 g/mol. The highest BCUT2D eigenvalue weighted by atomic mass is 16.7. The molecule has 2 heterocycles. The SMILES string of the molecule is O=C(/C=C/c1ccc2c(c1)OCO2)Cc1ccc(CC(=O)/C=C/c2ccc3c(c2)OCO3)cc1. The van der Waals surface area contributed by atoms with Gasteiger partial charge in [0.15, 0.2) is 34.6 Å². The Morgan fingerprint density at radius 1 is 0.588 bits per heavy atom. The summed E-state index contributed by atoms with van der Waals surface area (Å²) in [5, 5.41) is 0. The van der Waals surface area contributed by atoms with Crippen molar-refractivity contribution >= 4 is 23.7 Å². The molecule has 0 N–H and O–H groups in total. The van der Waals surface area contributed by atoms with E-state index in [9.17, 15) is 9.59 Å². The molecule has 2 aliphatic heterocycles. The second-order valence-corrected chi connectivity index (χ2v) is 7.99. The van der Waals surface area contributed by atoms with Gasteiger partial charge in [0.25, 0.3) is 0 Å². The molecule has 0 saturated heterocycles. The topological polar surface area (TPSA) is 71.1 Å². The lowest BCUT2D eigenvalue weighted by Crippen LogP contribution is -2.01. The van der Waals surface area contributed by atoms with Crippen molar-refractivity contribution < 1.29 is 28.5 Å². The Balaban J connectivity index is 1.13. The number of carbonyl (C=O) groups is 2. The van der Waals surface area contributed by atoms with Crippen molar-refractivity contribution in [3.05, 3.63) is 95.1 Å². The van der Waals surface area contributed by atoms with Gasteiger partial charge >= 0.3 is 0 Å². The van der Waals surface area contributed by atoms with Crippen LogP contribution in [0.3, 0.4) is 0 Å². The molecule has 0 aliphatic carbocycles. The van der Waals surface area contributed by atoms with Crippen molar-refractivity contribution in [2.45, 2.75) is 12.8 Å². The summed E-state index contributed by atoms with van der Waals surface area (Å²) in [6, 6.07) is 18.7. The highest BCUT2D eigenvalue weighted by Gasteiger charge is 2.13. The maximum absolute atomic E-state index is 12.4. The second kappa shape index (κ2) is 9.67. The summed E-state index contributed by atoms with van der Waals surface area (Å²) >= 11 is 0. The third-order valence-corrected chi connectivity index (χ3v) is 5.50. The van der Waals surface area contributed by atoms with Gasteiger partial charge < -0.3 is 18.9 Å². The van der Waals surface area contributed by atoms with Gasteiger partial charge in [0.1, 0.15) is 0 Å². The fourth-order valence-electron chi connectivity index (χ4n) is 3.71. The molecule has 2 aliphatic rings. The first-order chi connectivity index (χ1) is 16.6. The Morgan fingerprint density at radius 3 is 1.44 bits per heavy atom. The first-order valence-electron chi connectivity index (χ1n) is 10.9. The summed E-state index contributed by atoms with van der Waals surface area (Å²) in [4.78, 5) is 24.7. The zero-order valence-corrected chi connectivity index (χ0v) is 18.4. The third kappa shape index (κ3) is 5.18. The Hall–Kier alpha value is -4.32.